The van der Waals surface area contributed by atoms with Crippen LogP contribution in [-0.2, 0) is 10.0 Å². The number of anilines is 1. The Labute approximate surface area is 148 Å². The summed E-state index contributed by atoms with van der Waals surface area (Å²) in [6, 6.07) is 7.87. The molecule has 0 aliphatic carbocycles. The molecule has 3 aromatic rings. The monoisotopic (exact) mass is 377 g/mol. The number of hydrogen-bond donors (Lipinski definition) is 1. The highest BCUT2D eigenvalue weighted by Gasteiger charge is 2.22. The third kappa shape index (κ3) is 3.62. The van der Waals surface area contributed by atoms with Gasteiger partial charge in [-0.3, -0.25) is 9.52 Å². The lowest BCUT2D eigenvalue weighted by molar-refractivity contribution is 0.101. The number of carbonyl (C=O) groups is 1. The maximum atomic E-state index is 12.7. The number of ketones is 1. The highest BCUT2D eigenvalue weighted by atomic mass is 32.2. The van der Waals surface area contributed by atoms with Crippen molar-refractivity contribution < 1.29 is 17.7 Å². The van der Waals surface area contributed by atoms with E-state index in [1.54, 1.807) is 32.0 Å². The fourth-order valence-electron chi connectivity index (χ4n) is 2.25. The molecule has 0 aliphatic heterocycles. The lowest BCUT2D eigenvalue weighted by atomic mass is 10.1. The molecule has 1 N–H and O–H groups in total. The standard InChI is InChI=1S/C16H15N3O4S2/c1-9(20)12-5-4-6-13(7-12)19-25(21,22)15-8-14(24-10(15)2)16-17-11(3)23-18-16/h4-8,19H,1-3H3. The van der Waals surface area contributed by atoms with Gasteiger partial charge in [-0.25, -0.2) is 8.42 Å². The second-order valence-corrected chi connectivity index (χ2v) is 8.32. The number of aromatic nitrogens is 2. The summed E-state index contributed by atoms with van der Waals surface area (Å²) in [5, 5.41) is 3.81. The molecular formula is C16H15N3O4S2. The predicted octanol–water partition coefficient (Wildman–Crippen LogP) is 3.42. The maximum absolute atomic E-state index is 12.7. The molecule has 0 saturated heterocycles. The second kappa shape index (κ2) is 6.41. The molecule has 0 amide bonds. The van der Waals surface area contributed by atoms with Crippen LogP contribution < -0.4 is 4.72 Å². The molecule has 7 nitrogen and oxygen atoms in total. The number of thiophene rings is 1. The third-order valence-electron chi connectivity index (χ3n) is 3.43. The average Bonchev–Trinajstić information content (AvgIpc) is 3.13. The Morgan fingerprint density at radius 1 is 1.24 bits per heavy atom. The van der Waals surface area contributed by atoms with E-state index in [9.17, 15) is 13.2 Å². The van der Waals surface area contributed by atoms with Crippen LogP contribution in [0.4, 0.5) is 5.69 Å². The van der Waals surface area contributed by atoms with E-state index in [1.807, 2.05) is 0 Å². The smallest absolute Gasteiger partial charge is 0.263 e. The molecule has 0 aliphatic rings. The van der Waals surface area contributed by atoms with Gasteiger partial charge in [-0.05, 0) is 32.0 Å². The fourth-order valence-corrected chi connectivity index (χ4v) is 4.82. The first kappa shape index (κ1) is 17.3. The summed E-state index contributed by atoms with van der Waals surface area (Å²) in [6.07, 6.45) is 0. The van der Waals surface area contributed by atoms with Crippen molar-refractivity contribution >= 4 is 32.8 Å². The first-order valence-corrected chi connectivity index (χ1v) is 9.61. The molecule has 2 aromatic heterocycles. The molecule has 3 rings (SSSR count). The van der Waals surface area contributed by atoms with Crippen LogP contribution >= 0.6 is 11.3 Å². The minimum Gasteiger partial charge on any atom is -0.339 e. The molecule has 0 atom stereocenters. The van der Waals surface area contributed by atoms with Crippen molar-refractivity contribution in [3.63, 3.8) is 0 Å². The summed E-state index contributed by atoms with van der Waals surface area (Å²) in [5.74, 6) is 0.623. The Morgan fingerprint density at radius 2 is 2.00 bits per heavy atom. The van der Waals surface area contributed by atoms with Crippen molar-refractivity contribution in [2.75, 3.05) is 4.72 Å². The van der Waals surface area contributed by atoms with Crippen LogP contribution in [-0.4, -0.2) is 24.3 Å². The van der Waals surface area contributed by atoms with E-state index in [4.69, 9.17) is 4.52 Å². The lowest BCUT2D eigenvalue weighted by Gasteiger charge is -2.08. The number of nitrogens with one attached hydrogen (secondary N) is 1. The Balaban J connectivity index is 1.94. The SMILES string of the molecule is CC(=O)c1cccc(NS(=O)(=O)c2cc(-c3noc(C)n3)sc2C)c1. The van der Waals surface area contributed by atoms with Crippen LogP contribution in [0.1, 0.15) is 28.0 Å². The molecule has 1 aromatic carbocycles. The molecule has 0 radical (unpaired) electrons. The van der Waals surface area contributed by atoms with Crippen LogP contribution in [0, 0.1) is 13.8 Å². The molecule has 0 spiro atoms. The van der Waals surface area contributed by atoms with Gasteiger partial charge >= 0.3 is 0 Å². The van der Waals surface area contributed by atoms with Crippen molar-refractivity contribution in [2.45, 2.75) is 25.7 Å². The maximum Gasteiger partial charge on any atom is 0.263 e. The zero-order valence-corrected chi connectivity index (χ0v) is 15.4. The highest BCUT2D eigenvalue weighted by Crippen LogP contribution is 2.33. The van der Waals surface area contributed by atoms with Crippen LogP contribution in [0.25, 0.3) is 10.7 Å². The summed E-state index contributed by atoms with van der Waals surface area (Å²) in [7, 11) is -3.80. The number of aryl methyl sites for hydroxylation is 2. The van der Waals surface area contributed by atoms with Crippen LogP contribution in [0.2, 0.25) is 0 Å². The molecule has 0 fully saturated rings. The normalized spacial score (nSPS) is 11.5. The number of benzene rings is 1. The van der Waals surface area contributed by atoms with Crippen molar-refractivity contribution in [1.82, 2.24) is 10.1 Å². The topological polar surface area (TPSA) is 102 Å². The highest BCUT2D eigenvalue weighted by molar-refractivity contribution is 7.93. The van der Waals surface area contributed by atoms with E-state index in [0.717, 1.165) is 0 Å². The Morgan fingerprint density at radius 3 is 2.64 bits per heavy atom. The Hall–Kier alpha value is -2.52. The van der Waals surface area contributed by atoms with Gasteiger partial charge in [-0.2, -0.15) is 4.98 Å². The molecule has 130 valence electrons. The van der Waals surface area contributed by atoms with E-state index < -0.39 is 10.0 Å². The number of sulfonamides is 1. The summed E-state index contributed by atoms with van der Waals surface area (Å²) in [6.45, 7) is 4.80. The predicted molar refractivity (Wildman–Crippen MR) is 94.3 cm³/mol. The van der Waals surface area contributed by atoms with Gasteiger partial charge in [0.15, 0.2) is 5.78 Å². The first-order valence-electron chi connectivity index (χ1n) is 7.31. The fraction of sp³-hybridized carbons (Fsp3) is 0.188. The number of carbonyl (C=O) groups excluding carboxylic acids is 1. The van der Waals surface area contributed by atoms with E-state index in [-0.39, 0.29) is 10.7 Å². The van der Waals surface area contributed by atoms with Crippen LogP contribution in [0.3, 0.4) is 0 Å². The van der Waals surface area contributed by atoms with E-state index in [0.29, 0.717) is 32.7 Å². The molecule has 9 heteroatoms. The molecular weight excluding hydrogens is 362 g/mol. The Bertz CT molecular complexity index is 1050. The van der Waals surface area contributed by atoms with Gasteiger partial charge < -0.3 is 4.52 Å². The molecule has 0 bridgehead atoms. The summed E-state index contributed by atoms with van der Waals surface area (Å²) < 4.78 is 32.8. The van der Waals surface area contributed by atoms with Gasteiger partial charge in [0.2, 0.25) is 11.7 Å². The number of Topliss-reactive ketones (excluding diaryl/α,β-unsaturated/α-hetero) is 1. The first-order chi connectivity index (χ1) is 11.8. The van der Waals surface area contributed by atoms with Crippen LogP contribution in [0.15, 0.2) is 39.8 Å². The number of hydrogen-bond acceptors (Lipinski definition) is 7. The van der Waals surface area contributed by atoms with Gasteiger partial charge in [-0.15, -0.1) is 11.3 Å². The minimum absolute atomic E-state index is 0.137. The summed E-state index contributed by atoms with van der Waals surface area (Å²) in [4.78, 5) is 16.9. The molecule has 0 saturated carbocycles. The van der Waals surface area contributed by atoms with E-state index in [1.165, 1.54) is 30.4 Å². The van der Waals surface area contributed by atoms with Crippen molar-refractivity contribution in [2.24, 2.45) is 0 Å². The van der Waals surface area contributed by atoms with Crippen molar-refractivity contribution in [3.05, 3.63) is 46.7 Å². The number of nitrogens with zero attached hydrogens (tertiary/aromatic N) is 2. The molecule has 0 unspecified atom stereocenters. The average molecular weight is 377 g/mol. The van der Waals surface area contributed by atoms with Gasteiger partial charge in [0.05, 0.1) is 4.88 Å². The van der Waals surface area contributed by atoms with Crippen molar-refractivity contribution in [3.8, 4) is 10.7 Å². The number of rotatable bonds is 5. The quantitative estimate of drug-likeness (QED) is 0.684. The lowest BCUT2D eigenvalue weighted by Crippen LogP contribution is -2.13. The summed E-state index contributed by atoms with van der Waals surface area (Å²) >= 11 is 1.27. The second-order valence-electron chi connectivity index (χ2n) is 5.41. The van der Waals surface area contributed by atoms with Gasteiger partial charge in [-0.1, -0.05) is 17.3 Å². The van der Waals surface area contributed by atoms with Gasteiger partial charge in [0, 0.05) is 23.1 Å². The summed E-state index contributed by atoms with van der Waals surface area (Å²) in [5.41, 5.74) is 0.764. The van der Waals surface area contributed by atoms with E-state index in [2.05, 4.69) is 14.9 Å². The minimum atomic E-state index is -3.80. The molecule has 2 heterocycles. The third-order valence-corrected chi connectivity index (χ3v) is 6.11. The molecule has 25 heavy (non-hydrogen) atoms. The Kier molecular flexibility index (Phi) is 4.44. The van der Waals surface area contributed by atoms with Gasteiger partial charge in [0.25, 0.3) is 10.0 Å². The van der Waals surface area contributed by atoms with E-state index >= 15 is 0 Å². The van der Waals surface area contributed by atoms with Gasteiger partial charge in [0.1, 0.15) is 4.90 Å². The van der Waals surface area contributed by atoms with Crippen LogP contribution in [0.5, 0.6) is 0 Å². The zero-order chi connectivity index (χ0) is 18.2. The largest absolute Gasteiger partial charge is 0.339 e. The van der Waals surface area contributed by atoms with Crippen molar-refractivity contribution in [1.29, 1.82) is 0 Å². The zero-order valence-electron chi connectivity index (χ0n) is 13.7.